The van der Waals surface area contributed by atoms with Gasteiger partial charge in [-0.3, -0.25) is 9.69 Å². The van der Waals surface area contributed by atoms with Crippen molar-refractivity contribution in [3.8, 4) is 0 Å². The topological polar surface area (TPSA) is 67.6 Å². The number of carbonyl (C=O) groups is 1. The van der Waals surface area contributed by atoms with Crippen LogP contribution in [0.1, 0.15) is 24.1 Å². The number of rotatable bonds is 6. The third kappa shape index (κ3) is 6.57. The summed E-state index contributed by atoms with van der Waals surface area (Å²) in [5.74, 6) is -0.200. The number of amides is 1. The first kappa shape index (κ1) is 25.7. The van der Waals surface area contributed by atoms with Gasteiger partial charge in [-0.25, -0.2) is 0 Å². The quantitative estimate of drug-likeness (QED) is 0.692. The van der Waals surface area contributed by atoms with Gasteiger partial charge in [0.1, 0.15) is 5.54 Å². The summed E-state index contributed by atoms with van der Waals surface area (Å²) in [7, 11) is 0. The van der Waals surface area contributed by atoms with Crippen LogP contribution in [0.25, 0.3) is 0 Å². The molecular formula is C21H28Cl3N3O2. The molecule has 1 aliphatic rings. The summed E-state index contributed by atoms with van der Waals surface area (Å²) in [6.45, 7) is 5.18. The van der Waals surface area contributed by atoms with Gasteiger partial charge in [-0.1, -0.05) is 54.1 Å². The maximum absolute atomic E-state index is 12.8. The molecule has 2 atom stereocenters. The van der Waals surface area contributed by atoms with Crippen molar-refractivity contribution in [3.63, 3.8) is 0 Å². The number of nitrogens with two attached hydrogens (primary N) is 1. The van der Waals surface area contributed by atoms with E-state index in [4.69, 9.17) is 22.1 Å². The molecule has 0 bridgehead atoms. The number of hydrogen-bond acceptors (Lipinski definition) is 4. The number of nitrogens with zero attached hydrogens (tertiary/aromatic N) is 1. The zero-order valence-corrected chi connectivity index (χ0v) is 18.7. The van der Waals surface area contributed by atoms with Gasteiger partial charge in [-0.2, -0.15) is 0 Å². The van der Waals surface area contributed by atoms with Gasteiger partial charge in [-0.05, 0) is 30.2 Å². The Morgan fingerprint density at radius 2 is 1.83 bits per heavy atom. The first-order valence-electron chi connectivity index (χ1n) is 9.18. The Bertz CT molecular complexity index is 769. The summed E-state index contributed by atoms with van der Waals surface area (Å²) >= 11 is 6.19. The molecule has 1 heterocycles. The van der Waals surface area contributed by atoms with Crippen LogP contribution in [0.2, 0.25) is 5.02 Å². The normalized spacial score (nSPS) is 17.2. The van der Waals surface area contributed by atoms with Gasteiger partial charge in [0, 0.05) is 24.7 Å². The molecule has 8 heteroatoms. The van der Waals surface area contributed by atoms with E-state index in [1.54, 1.807) is 6.92 Å². The van der Waals surface area contributed by atoms with E-state index >= 15 is 0 Å². The van der Waals surface area contributed by atoms with E-state index in [0.29, 0.717) is 24.8 Å². The molecule has 2 aromatic carbocycles. The first-order valence-corrected chi connectivity index (χ1v) is 9.56. The minimum absolute atomic E-state index is 0. The lowest BCUT2D eigenvalue weighted by Crippen LogP contribution is -2.51. The lowest BCUT2D eigenvalue weighted by atomic mass is 9.92. The van der Waals surface area contributed by atoms with Crippen LogP contribution < -0.4 is 11.1 Å². The van der Waals surface area contributed by atoms with E-state index in [-0.39, 0.29) is 36.8 Å². The number of nitrogens with one attached hydrogen (secondary N) is 1. The van der Waals surface area contributed by atoms with E-state index in [2.05, 4.69) is 10.2 Å². The third-order valence-electron chi connectivity index (χ3n) is 5.02. The van der Waals surface area contributed by atoms with Crippen molar-refractivity contribution in [3.05, 3.63) is 70.7 Å². The van der Waals surface area contributed by atoms with Crippen LogP contribution in [-0.4, -0.2) is 43.7 Å². The van der Waals surface area contributed by atoms with Crippen LogP contribution in [0.5, 0.6) is 0 Å². The molecule has 0 spiro atoms. The Hall–Kier alpha value is -1.34. The van der Waals surface area contributed by atoms with E-state index in [9.17, 15) is 4.79 Å². The highest BCUT2D eigenvalue weighted by atomic mass is 35.5. The molecule has 3 N–H and O–H groups in total. The van der Waals surface area contributed by atoms with Crippen molar-refractivity contribution >= 4 is 42.3 Å². The van der Waals surface area contributed by atoms with Gasteiger partial charge in [0.15, 0.2) is 0 Å². The fourth-order valence-corrected chi connectivity index (χ4v) is 3.55. The molecule has 0 aromatic heterocycles. The number of benzene rings is 2. The molecule has 5 nitrogen and oxygen atoms in total. The Morgan fingerprint density at radius 3 is 2.45 bits per heavy atom. The predicted molar refractivity (Wildman–Crippen MR) is 122 cm³/mol. The van der Waals surface area contributed by atoms with Crippen molar-refractivity contribution in [1.29, 1.82) is 0 Å². The number of halogens is 3. The van der Waals surface area contributed by atoms with Gasteiger partial charge in [0.25, 0.3) is 0 Å². The van der Waals surface area contributed by atoms with E-state index < -0.39 is 5.54 Å². The fourth-order valence-electron chi connectivity index (χ4n) is 3.35. The van der Waals surface area contributed by atoms with Crippen molar-refractivity contribution in [1.82, 2.24) is 10.2 Å². The van der Waals surface area contributed by atoms with Gasteiger partial charge < -0.3 is 15.8 Å². The van der Waals surface area contributed by atoms with Gasteiger partial charge >= 0.3 is 0 Å². The number of ether oxygens (including phenoxy) is 1. The highest BCUT2D eigenvalue weighted by Gasteiger charge is 2.31. The maximum atomic E-state index is 12.8. The molecule has 1 fully saturated rings. The Labute approximate surface area is 189 Å². The summed E-state index contributed by atoms with van der Waals surface area (Å²) in [6, 6.07) is 17.2. The molecule has 0 aliphatic carbocycles. The summed E-state index contributed by atoms with van der Waals surface area (Å²) in [6.07, 6.45) is 0. The monoisotopic (exact) mass is 459 g/mol. The molecule has 1 aliphatic heterocycles. The molecule has 2 aromatic rings. The minimum Gasteiger partial charge on any atom is -0.379 e. The van der Waals surface area contributed by atoms with Gasteiger partial charge in [0.2, 0.25) is 5.91 Å². The predicted octanol–water partition coefficient (Wildman–Crippen LogP) is 3.55. The minimum atomic E-state index is -1.09. The maximum Gasteiger partial charge on any atom is 0.244 e. The molecule has 0 saturated carbocycles. The summed E-state index contributed by atoms with van der Waals surface area (Å²) < 4.78 is 5.47. The Balaban J connectivity index is 0.00000210. The fraction of sp³-hybridized carbons (Fsp3) is 0.381. The highest BCUT2D eigenvalue weighted by molar-refractivity contribution is 6.30. The van der Waals surface area contributed by atoms with Gasteiger partial charge in [-0.15, -0.1) is 24.8 Å². The van der Waals surface area contributed by atoms with Crippen molar-refractivity contribution in [2.24, 2.45) is 5.73 Å². The number of morpholine rings is 1. The van der Waals surface area contributed by atoms with Crippen LogP contribution in [0, 0.1) is 0 Å². The largest absolute Gasteiger partial charge is 0.379 e. The molecule has 1 amide bonds. The van der Waals surface area contributed by atoms with Crippen LogP contribution >= 0.6 is 36.4 Å². The Kier molecular flexibility index (Phi) is 10.4. The second-order valence-electron chi connectivity index (χ2n) is 7.00. The zero-order valence-electron chi connectivity index (χ0n) is 16.3. The van der Waals surface area contributed by atoms with Crippen molar-refractivity contribution < 1.29 is 9.53 Å². The average Bonchev–Trinajstić information content (AvgIpc) is 2.69. The molecule has 0 radical (unpaired) electrons. The molecule has 3 rings (SSSR count). The summed E-state index contributed by atoms with van der Waals surface area (Å²) in [4.78, 5) is 15.2. The second-order valence-corrected chi connectivity index (χ2v) is 7.43. The van der Waals surface area contributed by atoms with Crippen molar-refractivity contribution in [2.75, 3.05) is 32.8 Å². The third-order valence-corrected chi connectivity index (χ3v) is 5.26. The molecule has 29 heavy (non-hydrogen) atoms. The van der Waals surface area contributed by atoms with E-state index in [0.717, 1.165) is 24.2 Å². The van der Waals surface area contributed by atoms with E-state index in [1.165, 1.54) is 0 Å². The smallest absolute Gasteiger partial charge is 0.244 e. The van der Waals surface area contributed by atoms with Crippen molar-refractivity contribution in [2.45, 2.75) is 18.5 Å². The molecular weight excluding hydrogens is 433 g/mol. The second kappa shape index (κ2) is 11.7. The number of carbonyl (C=O) groups excluding carboxylic acids is 1. The lowest BCUT2D eigenvalue weighted by molar-refractivity contribution is -0.126. The SMILES string of the molecule is CC(N)(C(=O)NCC(c1cccc(Cl)c1)N1CCOCC1)c1ccccc1.Cl.Cl. The molecule has 2 unspecified atom stereocenters. The summed E-state index contributed by atoms with van der Waals surface area (Å²) in [5, 5.41) is 3.73. The zero-order chi connectivity index (χ0) is 19.3. The molecule has 160 valence electrons. The average molecular weight is 461 g/mol. The first-order chi connectivity index (χ1) is 13.0. The van der Waals surface area contributed by atoms with E-state index in [1.807, 2.05) is 54.6 Å². The van der Waals surface area contributed by atoms with Crippen LogP contribution in [-0.2, 0) is 15.1 Å². The van der Waals surface area contributed by atoms with Crippen LogP contribution in [0.4, 0.5) is 0 Å². The van der Waals surface area contributed by atoms with Crippen LogP contribution in [0.3, 0.4) is 0 Å². The van der Waals surface area contributed by atoms with Crippen LogP contribution in [0.15, 0.2) is 54.6 Å². The highest BCUT2D eigenvalue weighted by Crippen LogP contribution is 2.25. The summed E-state index contributed by atoms with van der Waals surface area (Å²) in [5.41, 5.74) is 7.11. The Morgan fingerprint density at radius 1 is 1.17 bits per heavy atom. The molecule has 1 saturated heterocycles. The lowest BCUT2D eigenvalue weighted by Gasteiger charge is -2.35. The standard InChI is InChI=1S/C21H26ClN3O2.2ClH/c1-21(23,17-7-3-2-4-8-17)20(26)24-15-19(25-10-12-27-13-11-25)16-6-5-9-18(22)14-16;;/h2-9,14,19H,10-13,15,23H2,1H3,(H,24,26);2*1H. The van der Waals surface area contributed by atoms with Gasteiger partial charge in [0.05, 0.1) is 19.3 Å². The number of hydrogen-bond donors (Lipinski definition) is 2.